The van der Waals surface area contributed by atoms with Gasteiger partial charge in [-0.1, -0.05) is 42.5 Å². The first kappa shape index (κ1) is 16.1. The van der Waals surface area contributed by atoms with Crippen LogP contribution in [0.2, 0.25) is 0 Å². The van der Waals surface area contributed by atoms with Gasteiger partial charge in [-0.05, 0) is 54.0 Å². The number of hydrogen-bond acceptors (Lipinski definition) is 3. The van der Waals surface area contributed by atoms with Crippen LogP contribution < -0.4 is 5.32 Å². The maximum absolute atomic E-state index is 13.1. The van der Waals surface area contributed by atoms with Crippen molar-refractivity contribution in [2.75, 3.05) is 5.32 Å². The molecule has 0 bridgehead atoms. The predicted octanol–water partition coefficient (Wildman–Crippen LogP) is 4.05. The third kappa shape index (κ3) is 2.44. The van der Waals surface area contributed by atoms with E-state index in [1.807, 2.05) is 30.3 Å². The molecule has 3 aromatic rings. The molecule has 1 aliphatic carbocycles. The van der Waals surface area contributed by atoms with Crippen molar-refractivity contribution >= 4 is 28.3 Å². The highest BCUT2D eigenvalue weighted by Gasteiger charge is 2.42. The molecule has 2 aliphatic rings. The number of rotatable bonds is 2. The first-order valence-electron chi connectivity index (χ1n) is 9.21. The van der Waals surface area contributed by atoms with Gasteiger partial charge in [-0.3, -0.25) is 4.79 Å². The van der Waals surface area contributed by atoms with Gasteiger partial charge in [0.15, 0.2) is 5.60 Å². The molecule has 1 unspecified atom stereocenters. The normalized spacial score (nSPS) is 20.3. The predicted molar refractivity (Wildman–Crippen MR) is 104 cm³/mol. The second-order valence-electron chi connectivity index (χ2n) is 7.52. The SMILES string of the molecule is CC1(C(=O)Nc2ccc3c4c(cccc24)CC3)Cc2ccccc2C(=O)O1. The molecule has 134 valence electrons. The van der Waals surface area contributed by atoms with Crippen LogP contribution in [-0.4, -0.2) is 17.5 Å². The van der Waals surface area contributed by atoms with Crippen LogP contribution in [0.5, 0.6) is 0 Å². The van der Waals surface area contributed by atoms with E-state index in [-0.39, 0.29) is 5.91 Å². The maximum Gasteiger partial charge on any atom is 0.339 e. The van der Waals surface area contributed by atoms with Crippen LogP contribution in [0.1, 0.15) is 34.0 Å². The summed E-state index contributed by atoms with van der Waals surface area (Å²) in [4.78, 5) is 25.5. The van der Waals surface area contributed by atoms with Crippen molar-refractivity contribution in [1.29, 1.82) is 0 Å². The molecule has 1 atom stereocenters. The molecular weight excluding hydrogens is 338 g/mol. The molecule has 3 aromatic carbocycles. The van der Waals surface area contributed by atoms with Gasteiger partial charge in [-0.15, -0.1) is 0 Å². The average Bonchev–Trinajstić information content (AvgIpc) is 3.08. The molecule has 1 heterocycles. The summed E-state index contributed by atoms with van der Waals surface area (Å²) < 4.78 is 5.56. The minimum absolute atomic E-state index is 0.302. The lowest BCUT2D eigenvalue weighted by atomic mass is 9.89. The topological polar surface area (TPSA) is 55.4 Å². The van der Waals surface area contributed by atoms with E-state index in [1.165, 1.54) is 16.5 Å². The Bertz CT molecular complexity index is 1110. The Hall–Kier alpha value is -3.14. The Morgan fingerprint density at radius 1 is 0.963 bits per heavy atom. The molecule has 1 N–H and O–H groups in total. The number of ether oxygens (including phenoxy) is 1. The number of cyclic esters (lactones) is 1. The lowest BCUT2D eigenvalue weighted by molar-refractivity contribution is -0.134. The average molecular weight is 357 g/mol. The van der Waals surface area contributed by atoms with Gasteiger partial charge in [0.2, 0.25) is 0 Å². The molecule has 5 rings (SSSR count). The fourth-order valence-electron chi connectivity index (χ4n) is 4.27. The van der Waals surface area contributed by atoms with E-state index in [2.05, 4.69) is 17.4 Å². The van der Waals surface area contributed by atoms with Gasteiger partial charge in [0.1, 0.15) is 0 Å². The van der Waals surface area contributed by atoms with E-state index in [0.717, 1.165) is 29.5 Å². The smallest absolute Gasteiger partial charge is 0.339 e. The van der Waals surface area contributed by atoms with Crippen LogP contribution in [0.15, 0.2) is 54.6 Å². The van der Waals surface area contributed by atoms with Gasteiger partial charge >= 0.3 is 5.97 Å². The second-order valence-corrected chi connectivity index (χ2v) is 7.52. The van der Waals surface area contributed by atoms with Crippen molar-refractivity contribution in [1.82, 2.24) is 0 Å². The Morgan fingerprint density at radius 2 is 1.70 bits per heavy atom. The molecule has 0 saturated carbocycles. The molecular formula is C23H19NO3. The van der Waals surface area contributed by atoms with Crippen LogP contribution in [0.3, 0.4) is 0 Å². The van der Waals surface area contributed by atoms with Crippen LogP contribution >= 0.6 is 0 Å². The number of benzene rings is 3. The molecule has 4 nitrogen and oxygen atoms in total. The number of carbonyl (C=O) groups excluding carboxylic acids is 2. The van der Waals surface area contributed by atoms with Crippen LogP contribution in [0, 0.1) is 0 Å². The first-order chi connectivity index (χ1) is 13.0. The summed E-state index contributed by atoms with van der Waals surface area (Å²) in [5.74, 6) is -0.751. The van der Waals surface area contributed by atoms with Gasteiger partial charge in [-0.2, -0.15) is 0 Å². The lowest BCUT2D eigenvalue weighted by Gasteiger charge is -2.33. The Kier molecular flexibility index (Phi) is 3.38. The number of esters is 1. The minimum Gasteiger partial charge on any atom is -0.445 e. The fraction of sp³-hybridized carbons (Fsp3) is 0.217. The highest BCUT2D eigenvalue weighted by molar-refractivity contribution is 6.08. The van der Waals surface area contributed by atoms with E-state index in [4.69, 9.17) is 4.74 Å². The van der Waals surface area contributed by atoms with E-state index >= 15 is 0 Å². The van der Waals surface area contributed by atoms with Crippen LogP contribution in [0.25, 0.3) is 10.8 Å². The summed E-state index contributed by atoms with van der Waals surface area (Å²) in [6.07, 6.45) is 2.44. The van der Waals surface area contributed by atoms with Crippen molar-refractivity contribution in [3.63, 3.8) is 0 Å². The van der Waals surface area contributed by atoms with Crippen LogP contribution in [-0.2, 0) is 28.8 Å². The number of fused-ring (bicyclic) bond motifs is 1. The molecule has 0 saturated heterocycles. The van der Waals surface area contributed by atoms with E-state index in [9.17, 15) is 9.59 Å². The van der Waals surface area contributed by atoms with Gasteiger partial charge in [-0.25, -0.2) is 4.79 Å². The van der Waals surface area contributed by atoms with Gasteiger partial charge in [0.25, 0.3) is 5.91 Å². The third-order valence-electron chi connectivity index (χ3n) is 5.69. The summed E-state index contributed by atoms with van der Waals surface area (Å²) in [6.45, 7) is 1.68. The Labute approximate surface area is 157 Å². The molecule has 0 fully saturated rings. The van der Waals surface area contributed by atoms with Crippen LogP contribution in [0.4, 0.5) is 5.69 Å². The van der Waals surface area contributed by atoms with E-state index in [0.29, 0.717) is 12.0 Å². The highest BCUT2D eigenvalue weighted by atomic mass is 16.6. The molecule has 1 aliphatic heterocycles. The van der Waals surface area contributed by atoms with Crippen molar-refractivity contribution in [2.24, 2.45) is 0 Å². The number of nitrogens with one attached hydrogen (secondary N) is 1. The molecule has 0 aromatic heterocycles. The number of anilines is 1. The quantitative estimate of drug-likeness (QED) is 0.704. The second kappa shape index (κ2) is 5.68. The van der Waals surface area contributed by atoms with E-state index < -0.39 is 11.6 Å². The Balaban J connectivity index is 1.50. The summed E-state index contributed by atoms with van der Waals surface area (Å²) in [5.41, 5.74) is 3.55. The minimum atomic E-state index is -1.23. The zero-order chi connectivity index (χ0) is 18.6. The van der Waals surface area contributed by atoms with E-state index in [1.54, 1.807) is 19.1 Å². The lowest BCUT2D eigenvalue weighted by Crippen LogP contribution is -2.48. The zero-order valence-electron chi connectivity index (χ0n) is 15.0. The fourth-order valence-corrected chi connectivity index (χ4v) is 4.27. The summed E-state index contributed by atoms with van der Waals surface area (Å²) in [6, 6.07) is 17.5. The van der Waals surface area contributed by atoms with Crippen molar-refractivity contribution < 1.29 is 14.3 Å². The van der Waals surface area contributed by atoms with Gasteiger partial charge in [0, 0.05) is 17.5 Å². The highest BCUT2D eigenvalue weighted by Crippen LogP contribution is 2.36. The summed E-state index contributed by atoms with van der Waals surface area (Å²) in [7, 11) is 0. The molecule has 4 heteroatoms. The van der Waals surface area contributed by atoms with Gasteiger partial charge < -0.3 is 10.1 Å². The molecule has 27 heavy (non-hydrogen) atoms. The largest absolute Gasteiger partial charge is 0.445 e. The number of hydrogen-bond donors (Lipinski definition) is 1. The monoisotopic (exact) mass is 357 g/mol. The van der Waals surface area contributed by atoms with Crippen molar-refractivity contribution in [3.05, 3.63) is 76.9 Å². The Morgan fingerprint density at radius 3 is 2.56 bits per heavy atom. The molecule has 1 amide bonds. The first-order valence-corrected chi connectivity index (χ1v) is 9.21. The maximum atomic E-state index is 13.1. The zero-order valence-corrected chi connectivity index (χ0v) is 15.0. The summed E-state index contributed by atoms with van der Waals surface area (Å²) >= 11 is 0. The number of amides is 1. The standard InChI is InChI=1S/C23H19NO3/c1-23(13-16-5-2-3-7-17(16)21(25)27-23)22(26)24-19-12-11-15-10-9-14-6-4-8-18(19)20(14)15/h2-8,11-12H,9-10,13H2,1H3,(H,24,26). The van der Waals surface area contributed by atoms with Crippen molar-refractivity contribution in [2.45, 2.75) is 31.8 Å². The summed E-state index contributed by atoms with van der Waals surface area (Å²) in [5, 5.41) is 5.30. The third-order valence-corrected chi connectivity index (χ3v) is 5.69. The number of aryl methyl sites for hydroxylation is 2. The van der Waals surface area contributed by atoms with Crippen molar-refractivity contribution in [3.8, 4) is 0 Å². The molecule has 0 spiro atoms. The molecule has 0 radical (unpaired) electrons. The van der Waals surface area contributed by atoms with Gasteiger partial charge in [0.05, 0.1) is 5.56 Å². The number of carbonyl (C=O) groups is 2.